The number of nitrogens with zero attached hydrogens (tertiary/aromatic N) is 2. The molecule has 1 atom stereocenters. The molecule has 1 unspecified atom stereocenters. The molecule has 88 valence electrons. The molecule has 2 N–H and O–H groups in total. The second kappa shape index (κ2) is 4.37. The third kappa shape index (κ3) is 2.33. The van der Waals surface area contributed by atoms with Gasteiger partial charge in [-0.3, -0.25) is 4.90 Å². The first kappa shape index (κ1) is 11.3. The summed E-state index contributed by atoms with van der Waals surface area (Å²) < 4.78 is 25.2. The Kier molecular flexibility index (Phi) is 3.30. The molecule has 0 aromatic heterocycles. The van der Waals surface area contributed by atoms with Crippen molar-refractivity contribution in [2.45, 2.75) is 18.9 Å². The van der Waals surface area contributed by atoms with Crippen LogP contribution in [0.15, 0.2) is 0 Å². The summed E-state index contributed by atoms with van der Waals surface area (Å²) in [5, 5.41) is 0. The average molecular weight is 233 g/mol. The predicted molar refractivity (Wildman–Crippen MR) is 59.0 cm³/mol. The van der Waals surface area contributed by atoms with Gasteiger partial charge in [0.05, 0.1) is 5.75 Å². The summed E-state index contributed by atoms with van der Waals surface area (Å²) in [6, 6.07) is 0.450. The smallest absolute Gasteiger partial charge is 0.215 e. The molecule has 2 heterocycles. The van der Waals surface area contributed by atoms with Crippen molar-refractivity contribution in [2.24, 2.45) is 5.73 Å². The molecule has 2 fully saturated rings. The van der Waals surface area contributed by atoms with Gasteiger partial charge in [-0.1, -0.05) is 0 Å². The highest BCUT2D eigenvalue weighted by Crippen LogP contribution is 2.22. The zero-order valence-corrected chi connectivity index (χ0v) is 9.75. The van der Waals surface area contributed by atoms with Gasteiger partial charge >= 0.3 is 0 Å². The standard InChI is InChI=1S/C9H19N3O2S/c10-3-7-15(13,14)12-6-5-11-4-1-2-9(11)8-12/h9H,1-8,10H2. The molecule has 2 rings (SSSR count). The van der Waals surface area contributed by atoms with E-state index in [0.29, 0.717) is 19.1 Å². The lowest BCUT2D eigenvalue weighted by Gasteiger charge is -2.36. The van der Waals surface area contributed by atoms with E-state index in [-0.39, 0.29) is 12.3 Å². The van der Waals surface area contributed by atoms with Crippen LogP contribution in [0.3, 0.4) is 0 Å². The zero-order valence-electron chi connectivity index (χ0n) is 8.93. The van der Waals surface area contributed by atoms with E-state index in [0.717, 1.165) is 19.5 Å². The Hall–Kier alpha value is -0.170. The van der Waals surface area contributed by atoms with E-state index >= 15 is 0 Å². The van der Waals surface area contributed by atoms with Crippen molar-refractivity contribution in [3.05, 3.63) is 0 Å². The van der Waals surface area contributed by atoms with Crippen molar-refractivity contribution >= 4 is 10.0 Å². The summed E-state index contributed by atoms with van der Waals surface area (Å²) in [6.45, 7) is 3.54. The number of piperazine rings is 1. The summed E-state index contributed by atoms with van der Waals surface area (Å²) in [5.74, 6) is 0.0831. The second-order valence-electron chi connectivity index (χ2n) is 4.29. The molecule has 0 saturated carbocycles. The highest BCUT2D eigenvalue weighted by molar-refractivity contribution is 7.89. The van der Waals surface area contributed by atoms with Gasteiger partial charge in [0.25, 0.3) is 0 Å². The Morgan fingerprint density at radius 3 is 2.80 bits per heavy atom. The van der Waals surface area contributed by atoms with Gasteiger partial charge in [0.15, 0.2) is 0 Å². The molecule has 0 amide bonds. The van der Waals surface area contributed by atoms with Gasteiger partial charge < -0.3 is 5.73 Å². The van der Waals surface area contributed by atoms with E-state index in [1.54, 1.807) is 4.31 Å². The molecule has 0 radical (unpaired) electrons. The van der Waals surface area contributed by atoms with Gasteiger partial charge in [-0.15, -0.1) is 0 Å². The number of hydrogen-bond donors (Lipinski definition) is 1. The maximum absolute atomic E-state index is 11.8. The maximum atomic E-state index is 11.8. The van der Waals surface area contributed by atoms with Crippen molar-refractivity contribution < 1.29 is 8.42 Å². The van der Waals surface area contributed by atoms with Crippen LogP contribution in [0.4, 0.5) is 0 Å². The fourth-order valence-corrected chi connectivity index (χ4v) is 3.81. The summed E-state index contributed by atoms with van der Waals surface area (Å²) in [4.78, 5) is 2.40. The molecule has 2 aliphatic rings. The summed E-state index contributed by atoms with van der Waals surface area (Å²) in [5.41, 5.74) is 5.31. The van der Waals surface area contributed by atoms with Crippen LogP contribution in [0.1, 0.15) is 12.8 Å². The monoisotopic (exact) mass is 233 g/mol. The normalized spacial score (nSPS) is 29.3. The Bertz CT molecular complexity index is 317. The lowest BCUT2D eigenvalue weighted by molar-refractivity contribution is 0.158. The highest BCUT2D eigenvalue weighted by Gasteiger charge is 2.34. The predicted octanol–water partition coefficient (Wildman–Crippen LogP) is -0.945. The number of fused-ring (bicyclic) bond motifs is 1. The molecule has 5 nitrogen and oxygen atoms in total. The molecule has 0 aliphatic carbocycles. The molecule has 2 aliphatic heterocycles. The summed E-state index contributed by atoms with van der Waals surface area (Å²) in [7, 11) is -3.09. The molecule has 0 aromatic carbocycles. The van der Waals surface area contributed by atoms with Crippen LogP contribution in [0.25, 0.3) is 0 Å². The van der Waals surface area contributed by atoms with Crippen LogP contribution >= 0.6 is 0 Å². The van der Waals surface area contributed by atoms with Crippen LogP contribution in [-0.2, 0) is 10.0 Å². The Balaban J connectivity index is 2.00. The SMILES string of the molecule is NCCS(=O)(=O)N1CCN2CCCC2C1. The minimum absolute atomic E-state index is 0.0831. The fraction of sp³-hybridized carbons (Fsp3) is 1.00. The van der Waals surface area contributed by atoms with Crippen LogP contribution in [0.5, 0.6) is 0 Å². The first-order valence-corrected chi connectivity index (χ1v) is 7.16. The first-order valence-electron chi connectivity index (χ1n) is 5.55. The third-order valence-electron chi connectivity index (χ3n) is 3.32. The molecule has 6 heteroatoms. The first-order chi connectivity index (χ1) is 7.13. The molecule has 0 aromatic rings. The lowest BCUT2D eigenvalue weighted by atomic mass is 10.2. The van der Waals surface area contributed by atoms with Crippen molar-refractivity contribution in [1.82, 2.24) is 9.21 Å². The lowest BCUT2D eigenvalue weighted by Crippen LogP contribution is -2.52. The fourth-order valence-electron chi connectivity index (χ4n) is 2.49. The largest absolute Gasteiger partial charge is 0.329 e. The van der Waals surface area contributed by atoms with Gasteiger partial charge in [0, 0.05) is 32.2 Å². The third-order valence-corrected chi connectivity index (χ3v) is 5.19. The van der Waals surface area contributed by atoms with Crippen LogP contribution < -0.4 is 5.73 Å². The van der Waals surface area contributed by atoms with E-state index in [1.807, 2.05) is 0 Å². The van der Waals surface area contributed by atoms with E-state index in [9.17, 15) is 8.42 Å². The van der Waals surface area contributed by atoms with E-state index < -0.39 is 10.0 Å². The topological polar surface area (TPSA) is 66.6 Å². The summed E-state index contributed by atoms with van der Waals surface area (Å²) in [6.07, 6.45) is 2.34. The van der Waals surface area contributed by atoms with Crippen LogP contribution in [-0.4, -0.2) is 62.1 Å². The second-order valence-corrected chi connectivity index (χ2v) is 6.38. The Labute approximate surface area is 91.3 Å². The number of rotatable bonds is 3. The van der Waals surface area contributed by atoms with E-state index in [4.69, 9.17) is 5.73 Å². The van der Waals surface area contributed by atoms with Gasteiger partial charge in [0.2, 0.25) is 10.0 Å². The van der Waals surface area contributed by atoms with Gasteiger partial charge in [-0.25, -0.2) is 8.42 Å². The molecule has 0 spiro atoms. The summed E-state index contributed by atoms with van der Waals surface area (Å²) >= 11 is 0. The van der Waals surface area contributed by atoms with Crippen LogP contribution in [0, 0.1) is 0 Å². The van der Waals surface area contributed by atoms with Crippen molar-refractivity contribution in [2.75, 3.05) is 38.5 Å². The van der Waals surface area contributed by atoms with Crippen LogP contribution in [0.2, 0.25) is 0 Å². The van der Waals surface area contributed by atoms with Crippen molar-refractivity contribution in [3.8, 4) is 0 Å². The zero-order chi connectivity index (χ0) is 10.9. The maximum Gasteiger partial charge on any atom is 0.215 e. The molecular weight excluding hydrogens is 214 g/mol. The number of nitrogens with two attached hydrogens (primary N) is 1. The molecule has 15 heavy (non-hydrogen) atoms. The quantitative estimate of drug-likeness (QED) is 0.683. The minimum atomic E-state index is -3.09. The minimum Gasteiger partial charge on any atom is -0.329 e. The van der Waals surface area contributed by atoms with Gasteiger partial charge in [0.1, 0.15) is 0 Å². The Morgan fingerprint density at radius 2 is 2.07 bits per heavy atom. The van der Waals surface area contributed by atoms with E-state index in [2.05, 4.69) is 4.90 Å². The van der Waals surface area contributed by atoms with Crippen molar-refractivity contribution in [3.63, 3.8) is 0 Å². The molecule has 2 saturated heterocycles. The van der Waals surface area contributed by atoms with Gasteiger partial charge in [-0.2, -0.15) is 4.31 Å². The molecular formula is C9H19N3O2S. The molecule has 0 bridgehead atoms. The Morgan fingerprint density at radius 1 is 1.27 bits per heavy atom. The number of hydrogen-bond acceptors (Lipinski definition) is 4. The highest BCUT2D eigenvalue weighted by atomic mass is 32.2. The van der Waals surface area contributed by atoms with Crippen molar-refractivity contribution in [1.29, 1.82) is 0 Å². The number of sulfonamides is 1. The van der Waals surface area contributed by atoms with Gasteiger partial charge in [-0.05, 0) is 19.4 Å². The average Bonchev–Trinajstić information content (AvgIpc) is 2.63. The van der Waals surface area contributed by atoms with E-state index in [1.165, 1.54) is 6.42 Å².